The number of carboxylic acid groups (broad SMARTS) is 1. The number of benzene rings is 1. The molecule has 8 nitrogen and oxygen atoms in total. The van der Waals surface area contributed by atoms with E-state index in [1.165, 1.54) is 0 Å². The summed E-state index contributed by atoms with van der Waals surface area (Å²) >= 11 is 0. The lowest BCUT2D eigenvalue weighted by molar-refractivity contribution is -0.137. The molecule has 0 aliphatic carbocycles. The first-order valence-corrected chi connectivity index (χ1v) is 9.73. The number of hydrogen-bond acceptors (Lipinski definition) is 5. The fourth-order valence-corrected chi connectivity index (χ4v) is 3.30. The number of nitrogens with one attached hydrogen (secondary N) is 2. The van der Waals surface area contributed by atoms with Crippen LogP contribution in [0.3, 0.4) is 0 Å². The number of pyridine rings is 1. The first-order valence-electron chi connectivity index (χ1n) is 9.73. The molecule has 0 saturated carbocycles. The molecule has 1 aromatic carbocycles. The quantitative estimate of drug-likeness (QED) is 0.631. The van der Waals surface area contributed by atoms with E-state index in [1.54, 1.807) is 6.20 Å². The average Bonchev–Trinajstić information content (AvgIpc) is 2.74. The fraction of sp³-hybridized carbons (Fsp3) is 0.381. The van der Waals surface area contributed by atoms with Crippen molar-refractivity contribution in [2.75, 3.05) is 36.5 Å². The van der Waals surface area contributed by atoms with Gasteiger partial charge >= 0.3 is 12.0 Å². The molecule has 8 heteroatoms. The lowest BCUT2D eigenvalue weighted by atomic mass is 10.0. The van der Waals surface area contributed by atoms with E-state index < -0.39 is 12.0 Å². The van der Waals surface area contributed by atoms with Crippen LogP contribution in [0.2, 0.25) is 0 Å². The Morgan fingerprint density at radius 2 is 1.90 bits per heavy atom. The van der Waals surface area contributed by atoms with Gasteiger partial charge in [0.2, 0.25) is 0 Å². The van der Waals surface area contributed by atoms with Crippen molar-refractivity contribution < 1.29 is 19.4 Å². The molecule has 1 fully saturated rings. The van der Waals surface area contributed by atoms with Crippen molar-refractivity contribution in [3.05, 3.63) is 54.2 Å². The first-order chi connectivity index (χ1) is 14.1. The number of carbonyl (C=O) groups is 2. The van der Waals surface area contributed by atoms with Crippen LogP contribution in [0.5, 0.6) is 0 Å². The molecule has 3 N–H and O–H groups in total. The van der Waals surface area contributed by atoms with E-state index in [9.17, 15) is 9.59 Å². The Hall–Kier alpha value is -3.13. The summed E-state index contributed by atoms with van der Waals surface area (Å²) in [5, 5.41) is 14.7. The van der Waals surface area contributed by atoms with Gasteiger partial charge in [0, 0.05) is 31.7 Å². The van der Waals surface area contributed by atoms with E-state index in [-0.39, 0.29) is 12.5 Å². The number of carboxylic acids is 1. The van der Waals surface area contributed by atoms with Crippen molar-refractivity contribution in [2.24, 2.45) is 0 Å². The molecule has 3 rings (SSSR count). The van der Waals surface area contributed by atoms with Gasteiger partial charge in [-0.2, -0.15) is 0 Å². The summed E-state index contributed by atoms with van der Waals surface area (Å²) in [5.41, 5.74) is 1.88. The van der Waals surface area contributed by atoms with Crippen LogP contribution in [0.4, 0.5) is 16.3 Å². The number of nitrogens with zero attached hydrogens (tertiary/aromatic N) is 2. The highest BCUT2D eigenvalue weighted by atomic mass is 16.5. The van der Waals surface area contributed by atoms with Crippen molar-refractivity contribution in [3.8, 4) is 0 Å². The summed E-state index contributed by atoms with van der Waals surface area (Å²) in [6, 6.07) is 12.7. The molecular formula is C21H26N4O4. The van der Waals surface area contributed by atoms with Gasteiger partial charge in [0.15, 0.2) is 5.82 Å². The largest absolute Gasteiger partial charge is 0.481 e. The maximum atomic E-state index is 12.6. The summed E-state index contributed by atoms with van der Waals surface area (Å²) in [4.78, 5) is 30.1. The monoisotopic (exact) mass is 398 g/mol. The second-order valence-corrected chi connectivity index (χ2v) is 6.89. The van der Waals surface area contributed by atoms with Crippen LogP contribution in [0.15, 0.2) is 48.7 Å². The summed E-state index contributed by atoms with van der Waals surface area (Å²) in [6.07, 6.45) is 2.52. The van der Waals surface area contributed by atoms with Crippen LogP contribution in [0, 0.1) is 0 Å². The molecule has 1 aliphatic heterocycles. The van der Waals surface area contributed by atoms with Crippen LogP contribution in [-0.2, 0) is 16.0 Å². The number of rotatable bonds is 8. The average molecular weight is 398 g/mol. The van der Waals surface area contributed by atoms with Gasteiger partial charge in [-0.25, -0.2) is 9.78 Å². The molecular weight excluding hydrogens is 372 g/mol. The van der Waals surface area contributed by atoms with Crippen LogP contribution < -0.4 is 15.5 Å². The van der Waals surface area contributed by atoms with E-state index in [4.69, 9.17) is 9.84 Å². The van der Waals surface area contributed by atoms with E-state index in [0.717, 1.165) is 24.3 Å². The van der Waals surface area contributed by atoms with E-state index in [1.807, 2.05) is 42.5 Å². The molecule has 0 spiro atoms. The lowest BCUT2D eigenvalue weighted by Gasteiger charge is -2.30. The maximum Gasteiger partial charge on any atom is 0.320 e. The summed E-state index contributed by atoms with van der Waals surface area (Å²) in [5.74, 6) is -0.409. The number of anilines is 2. The molecule has 154 valence electrons. The SMILES string of the molecule is O=C(O)CCC(Cc1ccccc1)NC(=O)Nc1ncccc1N1CCOCC1. The number of aromatic nitrogens is 1. The van der Waals surface area contributed by atoms with Crippen molar-refractivity contribution in [3.63, 3.8) is 0 Å². The summed E-state index contributed by atoms with van der Waals surface area (Å²) in [6.45, 7) is 2.73. The molecule has 2 heterocycles. The molecule has 29 heavy (non-hydrogen) atoms. The van der Waals surface area contributed by atoms with Crippen molar-refractivity contribution in [1.82, 2.24) is 10.3 Å². The topological polar surface area (TPSA) is 104 Å². The highest BCUT2D eigenvalue weighted by Gasteiger charge is 2.19. The fourth-order valence-electron chi connectivity index (χ4n) is 3.30. The zero-order valence-electron chi connectivity index (χ0n) is 16.2. The predicted octanol–water partition coefficient (Wildman–Crippen LogP) is 2.52. The number of urea groups is 1. The number of morpholine rings is 1. The molecule has 2 aromatic rings. The zero-order valence-corrected chi connectivity index (χ0v) is 16.2. The predicted molar refractivity (Wildman–Crippen MR) is 110 cm³/mol. The Kier molecular flexibility index (Phi) is 7.40. The maximum absolute atomic E-state index is 12.6. The Morgan fingerprint density at radius 3 is 2.62 bits per heavy atom. The lowest BCUT2D eigenvalue weighted by Crippen LogP contribution is -2.41. The van der Waals surface area contributed by atoms with Crippen molar-refractivity contribution in [1.29, 1.82) is 0 Å². The van der Waals surface area contributed by atoms with Crippen LogP contribution in [-0.4, -0.2) is 54.4 Å². The summed E-state index contributed by atoms with van der Waals surface area (Å²) < 4.78 is 5.39. The Labute approximate surface area is 169 Å². The van der Waals surface area contributed by atoms with Gasteiger partial charge in [-0.1, -0.05) is 30.3 Å². The van der Waals surface area contributed by atoms with Gasteiger partial charge in [0.25, 0.3) is 0 Å². The molecule has 0 radical (unpaired) electrons. The van der Waals surface area contributed by atoms with Crippen LogP contribution in [0.25, 0.3) is 0 Å². The third-order valence-corrected chi connectivity index (χ3v) is 4.74. The minimum atomic E-state index is -0.885. The van der Waals surface area contributed by atoms with Crippen LogP contribution >= 0.6 is 0 Å². The van der Waals surface area contributed by atoms with Gasteiger partial charge in [0.1, 0.15) is 0 Å². The smallest absolute Gasteiger partial charge is 0.320 e. The number of ether oxygens (including phenoxy) is 1. The molecule has 1 saturated heterocycles. The zero-order chi connectivity index (χ0) is 20.5. The standard InChI is InChI=1S/C21H26N4O4/c26-19(27)9-8-17(15-16-5-2-1-3-6-16)23-21(28)24-20-18(7-4-10-22-20)25-11-13-29-14-12-25/h1-7,10,17H,8-9,11-15H2,(H,26,27)(H2,22,23,24,28). The second-order valence-electron chi connectivity index (χ2n) is 6.89. The molecule has 1 atom stereocenters. The number of amides is 2. The molecule has 1 unspecified atom stereocenters. The van der Waals surface area contributed by atoms with Gasteiger partial charge in [0.05, 0.1) is 18.9 Å². The molecule has 0 bridgehead atoms. The number of aliphatic carboxylic acids is 1. The minimum absolute atomic E-state index is 0.0135. The van der Waals surface area contributed by atoms with E-state index in [0.29, 0.717) is 31.9 Å². The van der Waals surface area contributed by atoms with Gasteiger partial charge in [-0.05, 0) is 30.5 Å². The third kappa shape index (κ3) is 6.46. The van der Waals surface area contributed by atoms with E-state index in [2.05, 4.69) is 20.5 Å². The van der Waals surface area contributed by atoms with Gasteiger partial charge < -0.3 is 20.1 Å². The van der Waals surface area contributed by atoms with Crippen LogP contribution in [0.1, 0.15) is 18.4 Å². The molecule has 1 aromatic heterocycles. The highest BCUT2D eigenvalue weighted by molar-refractivity contribution is 5.92. The third-order valence-electron chi connectivity index (χ3n) is 4.74. The summed E-state index contributed by atoms with van der Waals surface area (Å²) in [7, 11) is 0. The Morgan fingerprint density at radius 1 is 1.14 bits per heavy atom. The first kappa shape index (κ1) is 20.6. The molecule has 2 amide bonds. The Balaban J connectivity index is 1.65. The highest BCUT2D eigenvalue weighted by Crippen LogP contribution is 2.24. The normalized spacial score (nSPS) is 14.8. The van der Waals surface area contributed by atoms with E-state index >= 15 is 0 Å². The Bertz CT molecular complexity index is 809. The van der Waals surface area contributed by atoms with Crippen molar-refractivity contribution in [2.45, 2.75) is 25.3 Å². The van der Waals surface area contributed by atoms with Crippen molar-refractivity contribution >= 4 is 23.5 Å². The van der Waals surface area contributed by atoms with Gasteiger partial charge in [-0.3, -0.25) is 10.1 Å². The minimum Gasteiger partial charge on any atom is -0.481 e. The second kappa shape index (κ2) is 10.4. The molecule has 1 aliphatic rings. The number of hydrogen-bond donors (Lipinski definition) is 3. The number of carbonyl (C=O) groups excluding carboxylic acids is 1. The van der Waals surface area contributed by atoms with Gasteiger partial charge in [-0.15, -0.1) is 0 Å².